The highest BCUT2D eigenvalue weighted by Crippen LogP contribution is 2.33. The van der Waals surface area contributed by atoms with Gasteiger partial charge < -0.3 is 14.4 Å². The summed E-state index contributed by atoms with van der Waals surface area (Å²) in [4.78, 5) is 14.2. The van der Waals surface area contributed by atoms with E-state index in [-0.39, 0.29) is 6.79 Å². The van der Waals surface area contributed by atoms with Crippen molar-refractivity contribution < 1.29 is 9.47 Å². The van der Waals surface area contributed by atoms with Crippen LogP contribution < -0.4 is 14.4 Å². The predicted molar refractivity (Wildman–Crippen MR) is 135 cm³/mol. The summed E-state index contributed by atoms with van der Waals surface area (Å²) >= 11 is 0. The van der Waals surface area contributed by atoms with E-state index in [0.717, 1.165) is 54.4 Å². The maximum atomic E-state index is 5.59. The standard InChI is InChI=1S/C28H30N4O2/c1-3-32(4-2)24-12-9-21(10-13-24)17-31(18-22-11-14-27-28(15-22)34-20-33-27)19-23-16-29-25-7-5-6-8-26(25)30-23/h5-16H,3-4,17-20H2,1-2H3. The van der Waals surface area contributed by atoms with Gasteiger partial charge in [0.1, 0.15) is 0 Å². The minimum atomic E-state index is 0.286. The van der Waals surface area contributed by atoms with Gasteiger partial charge in [0.15, 0.2) is 11.5 Å². The lowest BCUT2D eigenvalue weighted by Crippen LogP contribution is -2.24. The third-order valence-electron chi connectivity index (χ3n) is 6.20. The Morgan fingerprint density at radius 2 is 1.47 bits per heavy atom. The van der Waals surface area contributed by atoms with Crippen molar-refractivity contribution in [2.75, 3.05) is 24.8 Å². The van der Waals surface area contributed by atoms with Crippen molar-refractivity contribution in [1.82, 2.24) is 14.9 Å². The molecular weight excluding hydrogens is 424 g/mol. The fourth-order valence-corrected chi connectivity index (χ4v) is 4.43. The average molecular weight is 455 g/mol. The van der Waals surface area contributed by atoms with Gasteiger partial charge in [-0.25, -0.2) is 4.98 Å². The van der Waals surface area contributed by atoms with E-state index in [4.69, 9.17) is 14.5 Å². The van der Waals surface area contributed by atoms with Gasteiger partial charge in [0, 0.05) is 38.4 Å². The molecule has 6 nitrogen and oxygen atoms in total. The number of aromatic nitrogens is 2. The first kappa shape index (κ1) is 22.2. The fourth-order valence-electron chi connectivity index (χ4n) is 4.43. The molecule has 0 aliphatic carbocycles. The van der Waals surface area contributed by atoms with Gasteiger partial charge in [0.2, 0.25) is 6.79 Å². The van der Waals surface area contributed by atoms with E-state index < -0.39 is 0 Å². The van der Waals surface area contributed by atoms with Crippen LogP contribution in [0.25, 0.3) is 11.0 Å². The topological polar surface area (TPSA) is 50.7 Å². The number of anilines is 1. The number of nitrogens with zero attached hydrogens (tertiary/aromatic N) is 4. The summed E-state index contributed by atoms with van der Waals surface area (Å²) in [7, 11) is 0. The normalized spacial score (nSPS) is 12.4. The highest BCUT2D eigenvalue weighted by atomic mass is 16.7. The smallest absolute Gasteiger partial charge is 0.231 e. The second kappa shape index (κ2) is 10.1. The molecular formula is C28H30N4O2. The van der Waals surface area contributed by atoms with Crippen LogP contribution in [0.5, 0.6) is 11.5 Å². The molecule has 5 rings (SSSR count). The molecule has 2 heterocycles. The minimum Gasteiger partial charge on any atom is -0.454 e. The van der Waals surface area contributed by atoms with Crippen LogP contribution in [0.2, 0.25) is 0 Å². The molecule has 0 amide bonds. The van der Waals surface area contributed by atoms with Crippen molar-refractivity contribution in [2.45, 2.75) is 33.5 Å². The van der Waals surface area contributed by atoms with Crippen LogP contribution >= 0.6 is 0 Å². The lowest BCUT2D eigenvalue weighted by atomic mass is 10.1. The van der Waals surface area contributed by atoms with E-state index >= 15 is 0 Å². The monoisotopic (exact) mass is 454 g/mol. The second-order valence-electron chi connectivity index (χ2n) is 8.52. The van der Waals surface area contributed by atoms with Gasteiger partial charge in [0.05, 0.1) is 22.9 Å². The van der Waals surface area contributed by atoms with Crippen molar-refractivity contribution in [3.8, 4) is 11.5 Å². The molecule has 1 aliphatic heterocycles. The van der Waals surface area contributed by atoms with Gasteiger partial charge in [-0.3, -0.25) is 9.88 Å². The lowest BCUT2D eigenvalue weighted by Gasteiger charge is -2.24. The van der Waals surface area contributed by atoms with Crippen molar-refractivity contribution in [3.05, 3.63) is 89.7 Å². The zero-order valence-electron chi connectivity index (χ0n) is 19.8. The Morgan fingerprint density at radius 3 is 2.26 bits per heavy atom. The Bertz CT molecular complexity index is 1250. The molecule has 0 saturated heterocycles. The predicted octanol–water partition coefficient (Wildman–Crippen LogP) is 5.41. The van der Waals surface area contributed by atoms with E-state index in [1.165, 1.54) is 16.8 Å². The molecule has 0 saturated carbocycles. The maximum absolute atomic E-state index is 5.59. The van der Waals surface area contributed by atoms with Gasteiger partial charge in [0.25, 0.3) is 0 Å². The van der Waals surface area contributed by atoms with Crippen molar-refractivity contribution in [2.24, 2.45) is 0 Å². The molecule has 0 radical (unpaired) electrons. The quantitative estimate of drug-likeness (QED) is 0.337. The lowest BCUT2D eigenvalue weighted by molar-refractivity contribution is 0.174. The van der Waals surface area contributed by atoms with Gasteiger partial charge in [-0.2, -0.15) is 0 Å². The van der Waals surface area contributed by atoms with E-state index in [9.17, 15) is 0 Å². The number of para-hydroxylation sites is 2. The number of rotatable bonds is 9. The summed E-state index contributed by atoms with van der Waals surface area (Å²) in [6, 6.07) is 23.1. The number of benzene rings is 3. The minimum absolute atomic E-state index is 0.286. The van der Waals surface area contributed by atoms with Crippen LogP contribution in [0.4, 0.5) is 5.69 Å². The van der Waals surface area contributed by atoms with Gasteiger partial charge >= 0.3 is 0 Å². The largest absolute Gasteiger partial charge is 0.454 e. The van der Waals surface area contributed by atoms with Crippen molar-refractivity contribution in [3.63, 3.8) is 0 Å². The molecule has 0 atom stereocenters. The number of hydrogen-bond acceptors (Lipinski definition) is 6. The van der Waals surface area contributed by atoms with Crippen LogP contribution in [0, 0.1) is 0 Å². The highest BCUT2D eigenvalue weighted by molar-refractivity contribution is 5.73. The first-order valence-corrected chi connectivity index (χ1v) is 11.9. The van der Waals surface area contributed by atoms with Crippen molar-refractivity contribution >= 4 is 16.7 Å². The second-order valence-corrected chi connectivity index (χ2v) is 8.52. The molecule has 0 spiro atoms. The molecule has 3 aromatic carbocycles. The Labute approximate surface area is 200 Å². The SMILES string of the molecule is CCN(CC)c1ccc(CN(Cc2ccc3c(c2)OCO3)Cc2cnc3ccccc3n2)cc1. The third kappa shape index (κ3) is 4.97. The van der Waals surface area contributed by atoms with Gasteiger partial charge in [-0.05, 0) is 61.4 Å². The van der Waals surface area contributed by atoms with Gasteiger partial charge in [-0.1, -0.05) is 30.3 Å². The van der Waals surface area contributed by atoms with Crippen LogP contribution in [0.3, 0.4) is 0 Å². The molecule has 0 fully saturated rings. The molecule has 6 heteroatoms. The molecule has 1 aliphatic rings. The van der Waals surface area contributed by atoms with Gasteiger partial charge in [-0.15, -0.1) is 0 Å². The van der Waals surface area contributed by atoms with E-state index in [1.54, 1.807) is 0 Å². The summed E-state index contributed by atoms with van der Waals surface area (Å²) in [6.45, 7) is 8.95. The molecule has 0 bridgehead atoms. The van der Waals surface area contributed by atoms with Crippen LogP contribution in [-0.4, -0.2) is 34.8 Å². The van der Waals surface area contributed by atoms with Crippen LogP contribution in [-0.2, 0) is 19.6 Å². The third-order valence-corrected chi connectivity index (χ3v) is 6.20. The number of fused-ring (bicyclic) bond motifs is 2. The first-order chi connectivity index (χ1) is 16.7. The molecule has 4 aromatic rings. The Balaban J connectivity index is 1.38. The highest BCUT2D eigenvalue weighted by Gasteiger charge is 2.16. The number of ether oxygens (including phenoxy) is 2. The summed E-state index contributed by atoms with van der Waals surface area (Å²) in [5.41, 5.74) is 6.51. The maximum Gasteiger partial charge on any atom is 0.231 e. The summed E-state index contributed by atoms with van der Waals surface area (Å²) in [5, 5.41) is 0. The fraction of sp³-hybridized carbons (Fsp3) is 0.286. The van der Waals surface area contributed by atoms with Crippen LogP contribution in [0.1, 0.15) is 30.7 Å². The number of hydrogen-bond donors (Lipinski definition) is 0. The summed E-state index contributed by atoms with van der Waals surface area (Å²) in [6.07, 6.45) is 1.89. The van der Waals surface area contributed by atoms with Crippen molar-refractivity contribution in [1.29, 1.82) is 0 Å². The molecule has 1 aromatic heterocycles. The van der Waals surface area contributed by atoms with E-state index in [2.05, 4.69) is 65.0 Å². The zero-order chi connectivity index (χ0) is 23.3. The molecule has 34 heavy (non-hydrogen) atoms. The zero-order valence-corrected chi connectivity index (χ0v) is 19.8. The Morgan fingerprint density at radius 1 is 0.765 bits per heavy atom. The van der Waals surface area contributed by atoms with E-state index in [1.807, 2.05) is 36.5 Å². The summed E-state index contributed by atoms with van der Waals surface area (Å²) in [5.74, 6) is 1.62. The van der Waals surface area contributed by atoms with Crippen LogP contribution in [0.15, 0.2) is 72.9 Å². The molecule has 0 N–H and O–H groups in total. The summed E-state index contributed by atoms with van der Waals surface area (Å²) < 4.78 is 11.1. The Kier molecular flexibility index (Phi) is 6.58. The molecule has 0 unspecified atom stereocenters. The Hall–Kier alpha value is -3.64. The first-order valence-electron chi connectivity index (χ1n) is 11.9. The van der Waals surface area contributed by atoms with E-state index in [0.29, 0.717) is 6.54 Å². The molecule has 174 valence electrons. The average Bonchev–Trinajstić information content (AvgIpc) is 3.34.